The maximum absolute atomic E-state index is 12.1. The first-order valence-electron chi connectivity index (χ1n) is 8.04. The highest BCUT2D eigenvalue weighted by atomic mass is 16.5. The molecule has 0 bridgehead atoms. The molecule has 2 aromatic heterocycles. The number of hydrogen-bond acceptors (Lipinski definition) is 6. The zero-order chi connectivity index (χ0) is 17.6. The molecule has 1 atom stereocenters. The summed E-state index contributed by atoms with van der Waals surface area (Å²) < 4.78 is 4.87. The fourth-order valence-corrected chi connectivity index (χ4v) is 3.46. The Hall–Kier alpha value is -2.93. The molecule has 0 fully saturated rings. The van der Waals surface area contributed by atoms with Crippen LogP contribution in [0.25, 0.3) is 22.3 Å². The summed E-state index contributed by atoms with van der Waals surface area (Å²) in [4.78, 5) is 15.3. The van der Waals surface area contributed by atoms with Crippen molar-refractivity contribution in [2.24, 2.45) is 5.73 Å². The highest BCUT2D eigenvalue weighted by Gasteiger charge is 2.40. The van der Waals surface area contributed by atoms with Gasteiger partial charge in [0.05, 0.1) is 12.8 Å². The van der Waals surface area contributed by atoms with Crippen LogP contribution < -0.4 is 5.73 Å². The predicted molar refractivity (Wildman–Crippen MR) is 91.9 cm³/mol. The Morgan fingerprint density at radius 2 is 2.16 bits per heavy atom. The standard InChI is InChI=1S/C18H18N4O3/c1-25-17(24)18(19)7-6-13-12(9-18)11-8-14(21-22-16(11)20-13)10-4-2-3-5-15(10)23/h2-5,8,23H,6-7,9,19H2,1H3,(H,20,22)/t18-/m0/s1. The number of rotatable bonds is 2. The molecule has 0 saturated carbocycles. The number of benzene rings is 1. The van der Waals surface area contributed by atoms with Crippen LogP contribution in [-0.4, -0.2) is 38.9 Å². The zero-order valence-electron chi connectivity index (χ0n) is 13.7. The maximum atomic E-state index is 12.1. The van der Waals surface area contributed by atoms with Gasteiger partial charge < -0.3 is 20.6 Å². The molecule has 1 aliphatic rings. The first kappa shape index (κ1) is 15.6. The van der Waals surface area contributed by atoms with Crippen LogP contribution in [0.5, 0.6) is 5.75 Å². The number of aromatic hydroxyl groups is 1. The SMILES string of the molecule is COC(=O)[C@]1(N)CCc2[nH]c3nnc(-c4ccccc4O)cc3c2C1. The van der Waals surface area contributed by atoms with Crippen LogP contribution in [-0.2, 0) is 22.4 Å². The Labute approximate surface area is 143 Å². The van der Waals surface area contributed by atoms with Crippen LogP contribution in [0.3, 0.4) is 0 Å². The third-order valence-corrected chi connectivity index (χ3v) is 4.84. The van der Waals surface area contributed by atoms with Crippen molar-refractivity contribution in [2.75, 3.05) is 7.11 Å². The number of methoxy groups -OCH3 is 1. The van der Waals surface area contributed by atoms with Crippen molar-refractivity contribution in [3.8, 4) is 17.0 Å². The van der Waals surface area contributed by atoms with Gasteiger partial charge in [0.15, 0.2) is 5.65 Å². The van der Waals surface area contributed by atoms with E-state index in [1.165, 1.54) is 7.11 Å². The average Bonchev–Trinajstić information content (AvgIpc) is 2.98. The van der Waals surface area contributed by atoms with E-state index in [0.717, 1.165) is 16.6 Å². The van der Waals surface area contributed by atoms with Gasteiger partial charge in [0.1, 0.15) is 11.3 Å². The van der Waals surface area contributed by atoms with Gasteiger partial charge >= 0.3 is 5.97 Å². The summed E-state index contributed by atoms with van der Waals surface area (Å²) in [7, 11) is 1.35. The normalized spacial score (nSPS) is 19.6. The van der Waals surface area contributed by atoms with Gasteiger partial charge in [-0.25, -0.2) is 0 Å². The molecule has 7 nitrogen and oxygen atoms in total. The van der Waals surface area contributed by atoms with E-state index in [9.17, 15) is 9.90 Å². The third-order valence-electron chi connectivity index (χ3n) is 4.84. The fraction of sp³-hybridized carbons (Fsp3) is 0.278. The van der Waals surface area contributed by atoms with Crippen molar-refractivity contribution < 1.29 is 14.6 Å². The number of phenolic OH excluding ortho intramolecular Hbond substituents is 1. The molecular weight excluding hydrogens is 320 g/mol. The second-order valence-electron chi connectivity index (χ2n) is 6.42. The summed E-state index contributed by atoms with van der Waals surface area (Å²) >= 11 is 0. The number of aryl methyl sites for hydroxylation is 1. The highest BCUT2D eigenvalue weighted by Crippen LogP contribution is 2.35. The van der Waals surface area contributed by atoms with Crippen molar-refractivity contribution in [1.29, 1.82) is 0 Å². The molecule has 4 rings (SSSR count). The van der Waals surface area contributed by atoms with Gasteiger partial charge in [-0.2, -0.15) is 0 Å². The Balaban J connectivity index is 1.83. The number of ether oxygens (including phenoxy) is 1. The summed E-state index contributed by atoms with van der Waals surface area (Å²) in [6.07, 6.45) is 1.53. The molecule has 1 aromatic carbocycles. The number of para-hydroxylation sites is 1. The monoisotopic (exact) mass is 338 g/mol. The first-order valence-corrected chi connectivity index (χ1v) is 8.04. The number of fused-ring (bicyclic) bond motifs is 3. The quantitative estimate of drug-likeness (QED) is 0.613. The number of nitrogens with one attached hydrogen (secondary N) is 1. The van der Waals surface area contributed by atoms with Gasteiger partial charge in [-0.1, -0.05) is 12.1 Å². The predicted octanol–water partition coefficient (Wildman–Crippen LogP) is 1.69. The van der Waals surface area contributed by atoms with Gasteiger partial charge in [-0.15, -0.1) is 10.2 Å². The van der Waals surface area contributed by atoms with Crippen molar-refractivity contribution in [3.05, 3.63) is 41.6 Å². The van der Waals surface area contributed by atoms with Crippen molar-refractivity contribution in [2.45, 2.75) is 24.8 Å². The number of nitrogens with zero attached hydrogens (tertiary/aromatic N) is 2. The summed E-state index contributed by atoms with van der Waals surface area (Å²) in [6, 6.07) is 8.84. The zero-order valence-corrected chi connectivity index (χ0v) is 13.7. The van der Waals surface area contributed by atoms with E-state index in [2.05, 4.69) is 15.2 Å². The lowest BCUT2D eigenvalue weighted by Gasteiger charge is -2.30. The van der Waals surface area contributed by atoms with Crippen LogP contribution in [0, 0.1) is 0 Å². The number of aromatic amines is 1. The largest absolute Gasteiger partial charge is 0.507 e. The molecule has 0 radical (unpaired) electrons. The summed E-state index contributed by atoms with van der Waals surface area (Å²) in [6.45, 7) is 0. The minimum Gasteiger partial charge on any atom is -0.507 e. The van der Waals surface area contributed by atoms with E-state index in [0.29, 0.717) is 36.2 Å². The molecule has 0 amide bonds. The molecule has 128 valence electrons. The molecule has 1 aliphatic carbocycles. The number of esters is 1. The van der Waals surface area contributed by atoms with Gasteiger partial charge in [0, 0.05) is 23.1 Å². The van der Waals surface area contributed by atoms with E-state index in [4.69, 9.17) is 10.5 Å². The van der Waals surface area contributed by atoms with E-state index in [1.54, 1.807) is 18.2 Å². The second kappa shape index (κ2) is 5.56. The van der Waals surface area contributed by atoms with Crippen LogP contribution in [0.2, 0.25) is 0 Å². The summed E-state index contributed by atoms with van der Waals surface area (Å²) in [5, 5.41) is 19.4. The molecule has 3 aromatic rings. The molecule has 7 heteroatoms. The third kappa shape index (κ3) is 2.44. The minimum atomic E-state index is -1.03. The van der Waals surface area contributed by atoms with Gasteiger partial charge in [0.25, 0.3) is 0 Å². The van der Waals surface area contributed by atoms with Gasteiger partial charge in [0.2, 0.25) is 0 Å². The smallest absolute Gasteiger partial charge is 0.326 e. The number of phenols is 1. The van der Waals surface area contributed by atoms with Crippen LogP contribution in [0.1, 0.15) is 17.7 Å². The van der Waals surface area contributed by atoms with Crippen LogP contribution in [0.4, 0.5) is 0 Å². The molecule has 0 saturated heterocycles. The lowest BCUT2D eigenvalue weighted by molar-refractivity contribution is -0.147. The Morgan fingerprint density at radius 3 is 2.92 bits per heavy atom. The average molecular weight is 338 g/mol. The lowest BCUT2D eigenvalue weighted by atomic mass is 9.80. The van der Waals surface area contributed by atoms with Crippen molar-refractivity contribution in [3.63, 3.8) is 0 Å². The van der Waals surface area contributed by atoms with Crippen molar-refractivity contribution >= 4 is 17.0 Å². The van der Waals surface area contributed by atoms with E-state index < -0.39 is 11.5 Å². The Bertz CT molecular complexity index is 982. The van der Waals surface area contributed by atoms with Crippen LogP contribution in [0.15, 0.2) is 30.3 Å². The topological polar surface area (TPSA) is 114 Å². The molecule has 0 spiro atoms. The molecule has 0 aliphatic heterocycles. The second-order valence-corrected chi connectivity index (χ2v) is 6.42. The van der Waals surface area contributed by atoms with E-state index in [-0.39, 0.29) is 5.75 Å². The van der Waals surface area contributed by atoms with Gasteiger partial charge in [-0.3, -0.25) is 4.79 Å². The highest BCUT2D eigenvalue weighted by molar-refractivity contribution is 5.88. The Morgan fingerprint density at radius 1 is 1.36 bits per heavy atom. The fourth-order valence-electron chi connectivity index (χ4n) is 3.46. The Kier molecular flexibility index (Phi) is 3.47. The number of nitrogens with two attached hydrogens (primary N) is 1. The minimum absolute atomic E-state index is 0.142. The molecule has 2 heterocycles. The van der Waals surface area contributed by atoms with E-state index in [1.807, 2.05) is 12.1 Å². The number of H-pyrrole nitrogens is 1. The molecule has 4 N–H and O–H groups in total. The molecular formula is C18H18N4O3. The number of hydrogen-bond donors (Lipinski definition) is 3. The van der Waals surface area contributed by atoms with Crippen molar-refractivity contribution in [1.82, 2.24) is 15.2 Å². The van der Waals surface area contributed by atoms with Crippen LogP contribution >= 0.6 is 0 Å². The lowest BCUT2D eigenvalue weighted by Crippen LogP contribution is -2.52. The molecule has 25 heavy (non-hydrogen) atoms. The molecule has 0 unspecified atom stereocenters. The summed E-state index contributed by atoms with van der Waals surface area (Å²) in [5.41, 5.74) is 9.06. The summed E-state index contributed by atoms with van der Waals surface area (Å²) in [5.74, 6) is -0.265. The maximum Gasteiger partial charge on any atom is 0.326 e. The number of aromatic nitrogens is 3. The first-order chi connectivity index (χ1) is 12.0. The number of carbonyl (C=O) groups excluding carboxylic acids is 1. The van der Waals surface area contributed by atoms with Gasteiger partial charge in [-0.05, 0) is 36.6 Å². The number of carbonyl (C=O) groups is 1. The van der Waals surface area contributed by atoms with E-state index >= 15 is 0 Å².